The molecule has 0 unspecified atom stereocenters. The summed E-state index contributed by atoms with van der Waals surface area (Å²) in [7, 11) is 0.168. The number of ether oxygens (including phenoxy) is 1. The zero-order valence-electron chi connectivity index (χ0n) is 12.0. The lowest BCUT2D eigenvalue weighted by atomic mass is 10.2. The van der Waals surface area contributed by atoms with Crippen LogP contribution in [-0.4, -0.2) is 15.2 Å². The van der Waals surface area contributed by atoms with Crippen LogP contribution >= 0.6 is 0 Å². The number of para-hydroxylation sites is 1. The minimum absolute atomic E-state index is 1.08. The highest BCUT2D eigenvalue weighted by atomic mass is 28.3. The molecule has 0 aliphatic heterocycles. The first-order valence-corrected chi connectivity index (χ1v) is 9.49. The second-order valence-corrected chi connectivity index (χ2v) is 9.94. The highest BCUT2D eigenvalue weighted by molar-refractivity contribution is 6.96. The summed E-state index contributed by atoms with van der Waals surface area (Å²) in [6.45, 7) is 9.21. The molecule has 0 aromatic heterocycles. The van der Waals surface area contributed by atoms with Crippen molar-refractivity contribution < 1.29 is 4.74 Å². The molecular weight excluding hydrogens is 236 g/mol. The van der Waals surface area contributed by atoms with Crippen molar-refractivity contribution in [3.05, 3.63) is 46.7 Å². The molecule has 96 valence electrons. The van der Waals surface area contributed by atoms with Crippen molar-refractivity contribution in [3.63, 3.8) is 0 Å². The van der Waals surface area contributed by atoms with Gasteiger partial charge in [0.1, 0.15) is 13.8 Å². The summed E-state index contributed by atoms with van der Waals surface area (Å²) >= 11 is 0. The van der Waals surface area contributed by atoms with Gasteiger partial charge in [-0.05, 0) is 31.0 Å². The van der Waals surface area contributed by atoms with Crippen molar-refractivity contribution >= 4 is 13.3 Å². The van der Waals surface area contributed by atoms with E-state index < -0.39 is 8.07 Å². The van der Waals surface area contributed by atoms with Crippen molar-refractivity contribution in [1.82, 2.24) is 0 Å². The Bertz CT molecular complexity index is 524. The third kappa shape index (κ3) is 2.05. The summed E-state index contributed by atoms with van der Waals surface area (Å²) in [5.74, 6) is 1.08. The van der Waals surface area contributed by atoms with Gasteiger partial charge in [0, 0.05) is 0 Å². The van der Waals surface area contributed by atoms with Gasteiger partial charge in [-0.15, -0.1) is 0 Å². The van der Waals surface area contributed by atoms with E-state index in [0.29, 0.717) is 0 Å². The first-order chi connectivity index (χ1) is 8.48. The summed E-state index contributed by atoms with van der Waals surface area (Å²) in [5, 5.41) is 3.05. The monoisotopic (exact) mass is 258 g/mol. The third-order valence-electron chi connectivity index (χ3n) is 4.01. The number of rotatable bonds is 3. The molecule has 0 spiro atoms. The van der Waals surface area contributed by atoms with E-state index in [4.69, 9.17) is 4.74 Å². The van der Waals surface area contributed by atoms with Crippen LogP contribution in [-0.2, 0) is 0 Å². The van der Waals surface area contributed by atoms with Crippen molar-refractivity contribution in [2.75, 3.05) is 7.11 Å². The van der Waals surface area contributed by atoms with Crippen molar-refractivity contribution in [2.24, 2.45) is 0 Å². The predicted octanol–water partition coefficient (Wildman–Crippen LogP) is 3.73. The summed E-state index contributed by atoms with van der Waals surface area (Å²) in [4.78, 5) is 0. The molecule has 0 bridgehead atoms. The molecule has 0 amide bonds. The minimum Gasteiger partial charge on any atom is -0.497 e. The molecule has 0 atom stereocenters. The molecule has 1 aromatic rings. The number of benzene rings is 1. The van der Waals surface area contributed by atoms with Gasteiger partial charge in [-0.1, -0.05) is 54.2 Å². The molecule has 2 rings (SSSR count). The van der Waals surface area contributed by atoms with Crippen LogP contribution in [0.15, 0.2) is 41.1 Å². The van der Waals surface area contributed by atoms with Crippen LogP contribution in [0.3, 0.4) is 0 Å². The first kappa shape index (κ1) is 13.2. The summed E-state index contributed by atoms with van der Waals surface area (Å²) < 4.78 is 5.65. The molecule has 0 radical (unpaired) electrons. The summed E-state index contributed by atoms with van der Waals surface area (Å²) in [5.41, 5.74) is 2.69. The number of hydrogen-bond acceptors (Lipinski definition) is 1. The number of aryl methyl sites for hydroxylation is 1. The average Bonchev–Trinajstić information content (AvgIpc) is 2.75. The summed E-state index contributed by atoms with van der Waals surface area (Å²) in [6.07, 6.45) is 5.65. The van der Waals surface area contributed by atoms with E-state index in [9.17, 15) is 0 Å². The predicted molar refractivity (Wildman–Crippen MR) is 81.3 cm³/mol. The highest BCUT2D eigenvalue weighted by Gasteiger charge is 2.33. The lowest BCUT2D eigenvalue weighted by molar-refractivity contribution is 0.415. The Balaban J connectivity index is 2.55. The normalized spacial score (nSPS) is 15.4. The van der Waals surface area contributed by atoms with Crippen LogP contribution < -0.4 is 9.92 Å². The first-order valence-electron chi connectivity index (χ1n) is 6.49. The van der Waals surface area contributed by atoms with Crippen molar-refractivity contribution in [2.45, 2.75) is 33.4 Å². The standard InChI is InChI=1S/C16H22OSi/c1-12-8-6-10-14(12)18(4,5)15-11-7-9-13(2)16(15)17-3/h6-9,11H,10H2,1-5H3. The Morgan fingerprint density at radius 1 is 1.17 bits per heavy atom. The Hall–Kier alpha value is -1.28. The zero-order chi connectivity index (χ0) is 13.3. The van der Waals surface area contributed by atoms with E-state index >= 15 is 0 Å². The minimum atomic E-state index is -1.61. The topological polar surface area (TPSA) is 9.23 Å². The van der Waals surface area contributed by atoms with E-state index in [1.165, 1.54) is 16.3 Å². The maximum Gasteiger partial charge on any atom is 0.121 e. The van der Waals surface area contributed by atoms with E-state index in [-0.39, 0.29) is 0 Å². The average molecular weight is 258 g/mol. The van der Waals surface area contributed by atoms with Gasteiger partial charge in [-0.3, -0.25) is 0 Å². The molecule has 0 heterocycles. The van der Waals surface area contributed by atoms with Crippen LogP contribution in [0.25, 0.3) is 0 Å². The Kier molecular flexibility index (Phi) is 3.49. The molecule has 1 nitrogen and oxygen atoms in total. The van der Waals surface area contributed by atoms with Gasteiger partial charge >= 0.3 is 0 Å². The quantitative estimate of drug-likeness (QED) is 0.751. The molecular formula is C16H22OSi. The molecule has 1 aromatic carbocycles. The van der Waals surface area contributed by atoms with Gasteiger partial charge < -0.3 is 4.74 Å². The van der Waals surface area contributed by atoms with Crippen LogP contribution in [0.2, 0.25) is 13.1 Å². The van der Waals surface area contributed by atoms with Crippen LogP contribution in [0, 0.1) is 6.92 Å². The maximum atomic E-state index is 5.65. The maximum absolute atomic E-state index is 5.65. The van der Waals surface area contributed by atoms with Gasteiger partial charge in [-0.2, -0.15) is 0 Å². The highest BCUT2D eigenvalue weighted by Crippen LogP contribution is 2.30. The second kappa shape index (κ2) is 4.77. The molecule has 0 saturated carbocycles. The van der Waals surface area contributed by atoms with E-state index in [1.807, 2.05) is 0 Å². The van der Waals surface area contributed by atoms with Gasteiger partial charge in [0.05, 0.1) is 7.11 Å². The van der Waals surface area contributed by atoms with Gasteiger partial charge in [0.2, 0.25) is 0 Å². The molecule has 0 N–H and O–H groups in total. The van der Waals surface area contributed by atoms with E-state index in [0.717, 1.165) is 12.2 Å². The second-order valence-electron chi connectivity index (χ2n) is 5.55. The molecule has 0 saturated heterocycles. The molecule has 18 heavy (non-hydrogen) atoms. The largest absolute Gasteiger partial charge is 0.497 e. The number of allylic oxidation sites excluding steroid dienone is 4. The van der Waals surface area contributed by atoms with Crippen molar-refractivity contribution in [3.8, 4) is 5.75 Å². The molecule has 0 fully saturated rings. The SMILES string of the molecule is COc1c(C)cccc1[Si](C)(C)C1=C(C)C=CC1. The Morgan fingerprint density at radius 2 is 1.89 bits per heavy atom. The van der Waals surface area contributed by atoms with Gasteiger partial charge in [0.25, 0.3) is 0 Å². The summed E-state index contributed by atoms with van der Waals surface area (Å²) in [6, 6.07) is 6.53. The van der Waals surface area contributed by atoms with E-state index in [2.05, 4.69) is 57.3 Å². The molecule has 1 aliphatic rings. The third-order valence-corrected chi connectivity index (χ3v) is 7.86. The fraction of sp³-hybridized carbons (Fsp3) is 0.375. The Morgan fingerprint density at radius 3 is 2.44 bits per heavy atom. The lowest BCUT2D eigenvalue weighted by Crippen LogP contribution is -2.44. The van der Waals surface area contributed by atoms with Crippen molar-refractivity contribution in [1.29, 1.82) is 0 Å². The number of hydrogen-bond donors (Lipinski definition) is 0. The zero-order valence-corrected chi connectivity index (χ0v) is 13.0. The molecule has 2 heteroatoms. The smallest absolute Gasteiger partial charge is 0.121 e. The van der Waals surface area contributed by atoms with E-state index in [1.54, 1.807) is 12.3 Å². The lowest BCUT2D eigenvalue weighted by Gasteiger charge is -2.28. The molecule has 1 aliphatic carbocycles. The Labute approximate surface area is 111 Å². The van der Waals surface area contributed by atoms with Crippen LogP contribution in [0.4, 0.5) is 0 Å². The van der Waals surface area contributed by atoms with Gasteiger partial charge in [0.15, 0.2) is 0 Å². The fourth-order valence-corrected chi connectivity index (χ4v) is 6.34. The van der Waals surface area contributed by atoms with Crippen LogP contribution in [0.1, 0.15) is 18.9 Å². The van der Waals surface area contributed by atoms with Crippen LogP contribution in [0.5, 0.6) is 5.75 Å². The number of methoxy groups -OCH3 is 1. The van der Waals surface area contributed by atoms with Gasteiger partial charge in [-0.25, -0.2) is 0 Å². The fourth-order valence-electron chi connectivity index (χ4n) is 2.94.